The molecule has 0 unspecified atom stereocenters. The maximum atomic E-state index is 12.0. The van der Waals surface area contributed by atoms with E-state index in [1.165, 1.54) is 0 Å². The van der Waals surface area contributed by atoms with Gasteiger partial charge in [-0.3, -0.25) is 14.2 Å². The van der Waals surface area contributed by atoms with E-state index in [9.17, 15) is 4.79 Å². The standard InChI is InChI=1S/C12H15N7OS/c1-7-10-9(18(3)16-7)6-14-19(10)5-4-13-12(20)11-8(2)15-17-21-11/h6H,4-5H2,1-3H3,(H,13,20). The number of nitrogens with one attached hydrogen (secondary N) is 1. The van der Waals surface area contributed by atoms with Crippen LogP contribution in [0.4, 0.5) is 0 Å². The van der Waals surface area contributed by atoms with Gasteiger partial charge in [-0.15, -0.1) is 5.10 Å². The number of rotatable bonds is 4. The van der Waals surface area contributed by atoms with Crippen molar-refractivity contribution >= 4 is 28.5 Å². The van der Waals surface area contributed by atoms with Crippen LogP contribution in [0, 0.1) is 13.8 Å². The molecule has 0 aliphatic carbocycles. The van der Waals surface area contributed by atoms with Crippen molar-refractivity contribution < 1.29 is 4.79 Å². The monoisotopic (exact) mass is 305 g/mol. The lowest BCUT2D eigenvalue weighted by atomic mass is 10.3. The summed E-state index contributed by atoms with van der Waals surface area (Å²) in [6.45, 7) is 4.80. The molecule has 0 spiro atoms. The highest BCUT2D eigenvalue weighted by molar-refractivity contribution is 7.07. The molecule has 8 nitrogen and oxygen atoms in total. The zero-order valence-corrected chi connectivity index (χ0v) is 12.8. The van der Waals surface area contributed by atoms with E-state index in [0.29, 0.717) is 23.7 Å². The van der Waals surface area contributed by atoms with Gasteiger partial charge in [-0.2, -0.15) is 10.2 Å². The lowest BCUT2D eigenvalue weighted by molar-refractivity contribution is 0.0955. The summed E-state index contributed by atoms with van der Waals surface area (Å²) in [6.07, 6.45) is 1.79. The third kappa shape index (κ3) is 2.40. The Bertz CT molecular complexity index is 800. The van der Waals surface area contributed by atoms with E-state index in [1.807, 2.05) is 18.7 Å². The predicted octanol–water partition coefficient (Wildman–Crippen LogP) is 0.668. The van der Waals surface area contributed by atoms with Crippen LogP contribution in [0.5, 0.6) is 0 Å². The molecule has 0 aliphatic heterocycles. The predicted molar refractivity (Wildman–Crippen MR) is 78.2 cm³/mol. The molecule has 1 N–H and O–H groups in total. The molecule has 110 valence electrons. The maximum Gasteiger partial charge on any atom is 0.265 e. The van der Waals surface area contributed by atoms with Crippen molar-refractivity contribution in [2.45, 2.75) is 20.4 Å². The smallest absolute Gasteiger partial charge is 0.265 e. The molecule has 3 rings (SSSR count). The Morgan fingerprint density at radius 1 is 1.38 bits per heavy atom. The minimum Gasteiger partial charge on any atom is -0.349 e. The molecule has 0 aromatic carbocycles. The van der Waals surface area contributed by atoms with E-state index >= 15 is 0 Å². The van der Waals surface area contributed by atoms with Crippen molar-refractivity contribution in [3.05, 3.63) is 22.5 Å². The molecule has 0 fully saturated rings. The minimum absolute atomic E-state index is 0.145. The summed E-state index contributed by atoms with van der Waals surface area (Å²) in [5.41, 5.74) is 3.57. The molecule has 0 atom stereocenters. The van der Waals surface area contributed by atoms with E-state index in [-0.39, 0.29) is 5.91 Å². The Balaban J connectivity index is 1.67. The number of amides is 1. The Morgan fingerprint density at radius 3 is 2.90 bits per heavy atom. The van der Waals surface area contributed by atoms with Gasteiger partial charge in [0.1, 0.15) is 15.9 Å². The number of carbonyl (C=O) groups excluding carboxylic acids is 1. The van der Waals surface area contributed by atoms with Gasteiger partial charge in [0, 0.05) is 13.6 Å². The van der Waals surface area contributed by atoms with Crippen LogP contribution >= 0.6 is 11.5 Å². The molecular weight excluding hydrogens is 290 g/mol. The molecule has 0 radical (unpaired) electrons. The number of fused-ring (bicyclic) bond motifs is 1. The van der Waals surface area contributed by atoms with Crippen molar-refractivity contribution in [3.8, 4) is 0 Å². The molecule has 0 bridgehead atoms. The van der Waals surface area contributed by atoms with Gasteiger partial charge < -0.3 is 5.32 Å². The Labute approximate surface area is 124 Å². The molecule has 3 aromatic heterocycles. The van der Waals surface area contributed by atoms with Crippen LogP contribution in [0.2, 0.25) is 0 Å². The summed E-state index contributed by atoms with van der Waals surface area (Å²) in [7, 11) is 1.89. The summed E-state index contributed by atoms with van der Waals surface area (Å²) < 4.78 is 7.42. The van der Waals surface area contributed by atoms with Crippen molar-refractivity contribution in [1.29, 1.82) is 0 Å². The number of hydrogen-bond donors (Lipinski definition) is 1. The van der Waals surface area contributed by atoms with Crippen LogP contribution in [0.3, 0.4) is 0 Å². The summed E-state index contributed by atoms with van der Waals surface area (Å²) in [6, 6.07) is 0. The van der Waals surface area contributed by atoms with Gasteiger partial charge in [-0.25, -0.2) is 0 Å². The van der Waals surface area contributed by atoms with Crippen molar-refractivity contribution in [1.82, 2.24) is 34.5 Å². The molecule has 3 heterocycles. The third-order valence-corrected chi connectivity index (χ3v) is 4.11. The van der Waals surface area contributed by atoms with Crippen molar-refractivity contribution in [2.75, 3.05) is 6.54 Å². The van der Waals surface area contributed by atoms with Gasteiger partial charge in [-0.05, 0) is 25.4 Å². The van der Waals surface area contributed by atoms with Crippen molar-refractivity contribution in [2.24, 2.45) is 7.05 Å². The minimum atomic E-state index is -0.145. The van der Waals surface area contributed by atoms with E-state index < -0.39 is 0 Å². The Kier molecular flexibility index (Phi) is 3.42. The first-order valence-corrected chi connectivity index (χ1v) is 7.27. The molecule has 9 heteroatoms. The first-order valence-electron chi connectivity index (χ1n) is 6.50. The van der Waals surface area contributed by atoms with Crippen molar-refractivity contribution in [3.63, 3.8) is 0 Å². The fourth-order valence-corrected chi connectivity index (χ4v) is 2.85. The molecular formula is C12H15N7OS. The fourth-order valence-electron chi connectivity index (χ4n) is 2.28. The maximum absolute atomic E-state index is 12.0. The highest BCUT2D eigenvalue weighted by Crippen LogP contribution is 2.16. The Hall–Kier alpha value is -2.29. The topological polar surface area (TPSA) is 90.5 Å². The SMILES string of the molecule is Cc1nnsc1C(=O)NCCn1ncc2c1c(C)nn2C. The van der Waals surface area contributed by atoms with E-state index in [2.05, 4.69) is 25.1 Å². The molecule has 3 aromatic rings. The zero-order chi connectivity index (χ0) is 15.0. The van der Waals surface area contributed by atoms with E-state index in [1.54, 1.807) is 17.8 Å². The first-order chi connectivity index (χ1) is 10.1. The van der Waals surface area contributed by atoms with Crippen LogP contribution in [0.15, 0.2) is 6.20 Å². The fraction of sp³-hybridized carbons (Fsp3) is 0.417. The highest BCUT2D eigenvalue weighted by atomic mass is 32.1. The quantitative estimate of drug-likeness (QED) is 0.765. The van der Waals surface area contributed by atoms with E-state index in [0.717, 1.165) is 28.3 Å². The van der Waals surface area contributed by atoms with Crippen LogP contribution < -0.4 is 5.32 Å². The van der Waals surface area contributed by atoms with Gasteiger partial charge in [0.2, 0.25) is 0 Å². The summed E-state index contributed by atoms with van der Waals surface area (Å²) in [5.74, 6) is -0.145. The van der Waals surface area contributed by atoms with Gasteiger partial charge in [-0.1, -0.05) is 4.49 Å². The van der Waals surface area contributed by atoms with Gasteiger partial charge in [0.15, 0.2) is 0 Å². The normalized spacial score (nSPS) is 11.2. The number of hydrogen-bond acceptors (Lipinski definition) is 6. The molecule has 0 saturated heterocycles. The van der Waals surface area contributed by atoms with Crippen LogP contribution in [-0.2, 0) is 13.6 Å². The lowest BCUT2D eigenvalue weighted by Crippen LogP contribution is -2.27. The number of aromatic nitrogens is 6. The summed E-state index contributed by atoms with van der Waals surface area (Å²) in [4.78, 5) is 12.5. The van der Waals surface area contributed by atoms with Gasteiger partial charge >= 0.3 is 0 Å². The molecule has 0 saturated carbocycles. The largest absolute Gasteiger partial charge is 0.349 e. The first kappa shape index (κ1) is 13.7. The van der Waals surface area contributed by atoms with Crippen LogP contribution in [0.1, 0.15) is 21.1 Å². The summed E-state index contributed by atoms with van der Waals surface area (Å²) >= 11 is 1.10. The molecule has 21 heavy (non-hydrogen) atoms. The molecule has 0 aliphatic rings. The Morgan fingerprint density at radius 2 is 2.19 bits per heavy atom. The average Bonchev–Trinajstić information content (AvgIpc) is 3.10. The third-order valence-electron chi connectivity index (χ3n) is 3.28. The van der Waals surface area contributed by atoms with Crippen LogP contribution in [0.25, 0.3) is 11.0 Å². The zero-order valence-electron chi connectivity index (χ0n) is 12.0. The van der Waals surface area contributed by atoms with Gasteiger partial charge in [0.25, 0.3) is 5.91 Å². The second kappa shape index (κ2) is 5.24. The van der Waals surface area contributed by atoms with Crippen LogP contribution in [-0.4, -0.2) is 41.6 Å². The second-order valence-corrected chi connectivity index (χ2v) is 5.51. The number of aryl methyl sites for hydroxylation is 3. The summed E-state index contributed by atoms with van der Waals surface area (Å²) in [5, 5.41) is 15.4. The number of carbonyl (C=O) groups is 1. The second-order valence-electron chi connectivity index (χ2n) is 4.75. The van der Waals surface area contributed by atoms with E-state index in [4.69, 9.17) is 0 Å². The number of nitrogens with zero attached hydrogens (tertiary/aromatic N) is 6. The average molecular weight is 305 g/mol. The molecule has 1 amide bonds. The van der Waals surface area contributed by atoms with Gasteiger partial charge in [0.05, 0.1) is 24.1 Å². The lowest BCUT2D eigenvalue weighted by Gasteiger charge is -2.05. The highest BCUT2D eigenvalue weighted by Gasteiger charge is 2.14.